The number of carbonyl (C=O) groups is 2. The SMILES string of the molecule is O=C(Nc1cccc(C(=O)NC2CCS(=O)(=O)C2)c1)c1cccc(Br)c1. The van der Waals surface area contributed by atoms with Gasteiger partial charge in [0.05, 0.1) is 11.5 Å². The van der Waals surface area contributed by atoms with Gasteiger partial charge in [-0.05, 0) is 42.8 Å². The predicted molar refractivity (Wildman–Crippen MR) is 103 cm³/mol. The smallest absolute Gasteiger partial charge is 0.255 e. The summed E-state index contributed by atoms with van der Waals surface area (Å²) in [6, 6.07) is 13.1. The molecular weight excluding hydrogens is 420 g/mol. The molecule has 1 unspecified atom stereocenters. The fourth-order valence-electron chi connectivity index (χ4n) is 2.75. The van der Waals surface area contributed by atoms with Gasteiger partial charge in [-0.25, -0.2) is 8.42 Å². The molecule has 26 heavy (non-hydrogen) atoms. The minimum Gasteiger partial charge on any atom is -0.348 e. The van der Waals surface area contributed by atoms with Gasteiger partial charge in [-0.15, -0.1) is 0 Å². The highest BCUT2D eigenvalue weighted by Gasteiger charge is 2.29. The molecule has 1 aliphatic rings. The van der Waals surface area contributed by atoms with Crippen molar-refractivity contribution >= 4 is 43.3 Å². The zero-order valence-corrected chi connectivity index (χ0v) is 16.1. The molecule has 6 nitrogen and oxygen atoms in total. The maximum atomic E-state index is 12.3. The standard InChI is InChI=1S/C18H17BrN2O4S/c19-14-5-1-3-12(9-14)17(22)20-15-6-2-4-13(10-15)18(23)21-16-7-8-26(24,25)11-16/h1-6,9-10,16H,7-8,11H2,(H,20,22)(H,21,23). The van der Waals surface area contributed by atoms with Crippen molar-refractivity contribution in [3.05, 3.63) is 64.1 Å². The second kappa shape index (κ2) is 7.59. The Labute approximate surface area is 160 Å². The Morgan fingerprint density at radius 3 is 2.35 bits per heavy atom. The average Bonchev–Trinajstić information content (AvgIpc) is 2.93. The van der Waals surface area contributed by atoms with Gasteiger partial charge in [-0.2, -0.15) is 0 Å². The van der Waals surface area contributed by atoms with Gasteiger partial charge in [-0.3, -0.25) is 9.59 Å². The summed E-state index contributed by atoms with van der Waals surface area (Å²) in [6.07, 6.45) is 0.424. The topological polar surface area (TPSA) is 92.3 Å². The molecule has 2 aromatic carbocycles. The molecule has 0 saturated carbocycles. The van der Waals surface area contributed by atoms with Crippen molar-refractivity contribution in [1.29, 1.82) is 0 Å². The minimum atomic E-state index is -3.06. The highest BCUT2D eigenvalue weighted by atomic mass is 79.9. The highest BCUT2D eigenvalue weighted by Crippen LogP contribution is 2.16. The van der Waals surface area contributed by atoms with Crippen molar-refractivity contribution in [2.45, 2.75) is 12.5 Å². The molecule has 1 atom stereocenters. The van der Waals surface area contributed by atoms with Gasteiger partial charge >= 0.3 is 0 Å². The first-order chi connectivity index (χ1) is 12.3. The molecule has 0 aliphatic carbocycles. The van der Waals surface area contributed by atoms with E-state index in [1.54, 1.807) is 42.5 Å². The van der Waals surface area contributed by atoms with Crippen LogP contribution in [-0.4, -0.2) is 37.8 Å². The zero-order valence-electron chi connectivity index (χ0n) is 13.7. The third-order valence-corrected chi connectivity index (χ3v) is 6.30. The fourth-order valence-corrected chi connectivity index (χ4v) is 4.82. The molecule has 1 fully saturated rings. The molecule has 3 rings (SSSR count). The van der Waals surface area contributed by atoms with Crippen LogP contribution in [0.15, 0.2) is 53.0 Å². The Kier molecular flexibility index (Phi) is 5.43. The molecule has 1 heterocycles. The summed E-state index contributed by atoms with van der Waals surface area (Å²) in [5.41, 5.74) is 1.34. The molecule has 8 heteroatoms. The summed E-state index contributed by atoms with van der Waals surface area (Å²) >= 11 is 3.32. The van der Waals surface area contributed by atoms with Gasteiger partial charge in [0.1, 0.15) is 0 Å². The number of sulfone groups is 1. The summed E-state index contributed by atoms with van der Waals surface area (Å²) < 4.78 is 23.8. The molecule has 1 saturated heterocycles. The molecule has 2 aromatic rings. The average molecular weight is 437 g/mol. The summed E-state index contributed by atoms with van der Waals surface area (Å²) in [5, 5.41) is 5.49. The lowest BCUT2D eigenvalue weighted by Crippen LogP contribution is -2.35. The largest absolute Gasteiger partial charge is 0.348 e. The first kappa shape index (κ1) is 18.6. The number of halogens is 1. The fraction of sp³-hybridized carbons (Fsp3) is 0.222. The molecular formula is C18H17BrN2O4S. The monoisotopic (exact) mass is 436 g/mol. The summed E-state index contributed by atoms with van der Waals surface area (Å²) in [6.45, 7) is 0. The Morgan fingerprint density at radius 1 is 1.00 bits per heavy atom. The molecule has 0 bridgehead atoms. The molecule has 2 amide bonds. The van der Waals surface area contributed by atoms with Crippen LogP contribution in [0.25, 0.3) is 0 Å². The van der Waals surface area contributed by atoms with E-state index in [0.717, 1.165) is 4.47 Å². The van der Waals surface area contributed by atoms with E-state index in [4.69, 9.17) is 0 Å². The second-order valence-electron chi connectivity index (χ2n) is 6.12. The van der Waals surface area contributed by atoms with Crippen LogP contribution in [0.2, 0.25) is 0 Å². The first-order valence-corrected chi connectivity index (χ1v) is 10.6. The van der Waals surface area contributed by atoms with Crippen molar-refractivity contribution in [3.8, 4) is 0 Å². The van der Waals surface area contributed by atoms with Crippen LogP contribution >= 0.6 is 15.9 Å². The highest BCUT2D eigenvalue weighted by molar-refractivity contribution is 9.10. The predicted octanol–water partition coefficient (Wildman–Crippen LogP) is 2.62. The Balaban J connectivity index is 1.68. The van der Waals surface area contributed by atoms with Gasteiger partial charge in [0.25, 0.3) is 11.8 Å². The van der Waals surface area contributed by atoms with E-state index in [9.17, 15) is 18.0 Å². The van der Waals surface area contributed by atoms with E-state index in [0.29, 0.717) is 23.2 Å². The third-order valence-electron chi connectivity index (χ3n) is 4.04. The van der Waals surface area contributed by atoms with E-state index in [1.165, 1.54) is 0 Å². The zero-order chi connectivity index (χ0) is 18.7. The van der Waals surface area contributed by atoms with E-state index in [-0.39, 0.29) is 29.4 Å². The molecule has 136 valence electrons. The van der Waals surface area contributed by atoms with Crippen molar-refractivity contribution in [2.75, 3.05) is 16.8 Å². The number of carbonyl (C=O) groups excluding carboxylic acids is 2. The number of anilines is 1. The van der Waals surface area contributed by atoms with Crippen molar-refractivity contribution in [2.24, 2.45) is 0 Å². The van der Waals surface area contributed by atoms with E-state index in [2.05, 4.69) is 26.6 Å². The van der Waals surface area contributed by atoms with Crippen molar-refractivity contribution in [1.82, 2.24) is 5.32 Å². The third kappa shape index (κ3) is 4.70. The lowest BCUT2D eigenvalue weighted by molar-refractivity contribution is 0.0940. The quantitative estimate of drug-likeness (QED) is 0.770. The van der Waals surface area contributed by atoms with Gasteiger partial charge < -0.3 is 10.6 Å². The number of rotatable bonds is 4. The maximum absolute atomic E-state index is 12.3. The number of hydrogen-bond acceptors (Lipinski definition) is 4. The molecule has 0 spiro atoms. The summed E-state index contributed by atoms with van der Waals surface area (Å²) in [4.78, 5) is 24.6. The first-order valence-electron chi connectivity index (χ1n) is 8.01. The number of amides is 2. The van der Waals surface area contributed by atoms with Gasteiger partial charge in [-0.1, -0.05) is 28.1 Å². The Bertz CT molecular complexity index is 959. The molecule has 1 aliphatic heterocycles. The minimum absolute atomic E-state index is 0.0297. The van der Waals surface area contributed by atoms with Crippen molar-refractivity contribution < 1.29 is 18.0 Å². The lowest BCUT2D eigenvalue weighted by Gasteiger charge is -2.12. The molecule has 2 N–H and O–H groups in total. The number of nitrogens with one attached hydrogen (secondary N) is 2. The van der Waals surface area contributed by atoms with Crippen LogP contribution in [0.3, 0.4) is 0 Å². The van der Waals surface area contributed by atoms with Crippen LogP contribution in [0, 0.1) is 0 Å². The van der Waals surface area contributed by atoms with Gasteiger partial charge in [0.2, 0.25) is 0 Å². The summed E-state index contributed by atoms with van der Waals surface area (Å²) in [7, 11) is -3.06. The van der Waals surface area contributed by atoms with E-state index >= 15 is 0 Å². The summed E-state index contributed by atoms with van der Waals surface area (Å²) in [5.74, 6) is -0.574. The van der Waals surface area contributed by atoms with Crippen LogP contribution in [0.1, 0.15) is 27.1 Å². The van der Waals surface area contributed by atoms with Gasteiger partial charge in [0.15, 0.2) is 9.84 Å². The normalized spacial score (nSPS) is 18.3. The molecule has 0 aromatic heterocycles. The van der Waals surface area contributed by atoms with Crippen LogP contribution in [0.5, 0.6) is 0 Å². The number of benzene rings is 2. The van der Waals surface area contributed by atoms with Crippen LogP contribution in [-0.2, 0) is 9.84 Å². The van der Waals surface area contributed by atoms with Crippen LogP contribution < -0.4 is 10.6 Å². The van der Waals surface area contributed by atoms with Crippen LogP contribution in [0.4, 0.5) is 5.69 Å². The Morgan fingerprint density at radius 2 is 1.69 bits per heavy atom. The van der Waals surface area contributed by atoms with Crippen molar-refractivity contribution in [3.63, 3.8) is 0 Å². The molecule has 0 radical (unpaired) electrons. The van der Waals surface area contributed by atoms with E-state index in [1.807, 2.05) is 6.07 Å². The second-order valence-corrected chi connectivity index (χ2v) is 9.26. The van der Waals surface area contributed by atoms with E-state index < -0.39 is 9.84 Å². The van der Waals surface area contributed by atoms with Gasteiger partial charge in [0, 0.05) is 27.3 Å². The lowest BCUT2D eigenvalue weighted by atomic mass is 10.1. The Hall–Kier alpha value is -2.19. The number of hydrogen-bond donors (Lipinski definition) is 2. The maximum Gasteiger partial charge on any atom is 0.255 e.